The number of aromatic nitrogens is 2. The van der Waals surface area contributed by atoms with Crippen LogP contribution in [0.2, 0.25) is 5.02 Å². The molecule has 0 radical (unpaired) electrons. The number of nitrogens with zero attached hydrogens (tertiary/aromatic N) is 3. The average Bonchev–Trinajstić information content (AvgIpc) is 2.94. The molecule has 3 rings (SSSR count). The monoisotopic (exact) mass is 406 g/mol. The number of rotatable bonds is 5. The van der Waals surface area contributed by atoms with Gasteiger partial charge in [-0.15, -0.1) is 11.3 Å². The van der Waals surface area contributed by atoms with E-state index in [1.165, 1.54) is 35.9 Å². The zero-order chi connectivity index (χ0) is 19.7. The molecule has 0 atom stereocenters. The van der Waals surface area contributed by atoms with Gasteiger partial charge >= 0.3 is 5.97 Å². The number of aryl methyl sites for hydroxylation is 1. The highest BCUT2D eigenvalue weighted by Crippen LogP contribution is 2.36. The molecule has 1 N–H and O–H groups in total. The summed E-state index contributed by atoms with van der Waals surface area (Å²) in [7, 11) is 0. The first-order chi connectivity index (χ1) is 12.8. The lowest BCUT2D eigenvalue weighted by molar-refractivity contribution is -0.384. The summed E-state index contributed by atoms with van der Waals surface area (Å²) in [6.07, 6.45) is 1.14. The number of fused-ring (bicyclic) bond motifs is 1. The Kier molecular flexibility index (Phi) is 5.24. The van der Waals surface area contributed by atoms with E-state index in [2.05, 4.69) is 15.3 Å². The molecule has 2 heterocycles. The van der Waals surface area contributed by atoms with Gasteiger partial charge in [-0.3, -0.25) is 10.1 Å². The molecule has 27 heavy (non-hydrogen) atoms. The third-order valence-electron chi connectivity index (χ3n) is 3.67. The molecule has 0 saturated carbocycles. The highest BCUT2D eigenvalue weighted by molar-refractivity contribution is 7.20. The van der Waals surface area contributed by atoms with Crippen molar-refractivity contribution in [3.63, 3.8) is 0 Å². The zero-order valence-corrected chi connectivity index (χ0v) is 16.2. The Hall–Kier alpha value is -2.78. The smallest absolute Gasteiger partial charge is 0.348 e. The van der Waals surface area contributed by atoms with E-state index in [0.717, 1.165) is 0 Å². The standard InChI is InChI=1S/C17H15ClN4O4S/c1-8(2)26-17(23)14-9(3)13-15(19-7-20-16(13)27-14)21-12-5-4-10(22(24)25)6-11(12)18/h4-8H,1-3H3,(H,19,20,21). The molecule has 1 aromatic carbocycles. The van der Waals surface area contributed by atoms with Crippen molar-refractivity contribution in [3.8, 4) is 0 Å². The number of thiophene rings is 1. The summed E-state index contributed by atoms with van der Waals surface area (Å²) in [4.78, 5) is 32.2. The lowest BCUT2D eigenvalue weighted by atomic mass is 10.2. The number of nitro groups is 1. The Morgan fingerprint density at radius 1 is 1.37 bits per heavy atom. The molecule has 10 heteroatoms. The van der Waals surface area contributed by atoms with Crippen molar-refractivity contribution in [1.82, 2.24) is 9.97 Å². The van der Waals surface area contributed by atoms with Gasteiger partial charge in [0, 0.05) is 12.1 Å². The number of hydrogen-bond donors (Lipinski definition) is 1. The fourth-order valence-electron chi connectivity index (χ4n) is 2.48. The van der Waals surface area contributed by atoms with Gasteiger partial charge < -0.3 is 10.1 Å². The molecule has 3 aromatic rings. The van der Waals surface area contributed by atoms with E-state index in [4.69, 9.17) is 16.3 Å². The zero-order valence-electron chi connectivity index (χ0n) is 14.6. The molecule has 0 spiro atoms. The van der Waals surface area contributed by atoms with Gasteiger partial charge in [0.1, 0.15) is 21.9 Å². The van der Waals surface area contributed by atoms with Gasteiger partial charge in [-0.2, -0.15) is 0 Å². The van der Waals surface area contributed by atoms with E-state index >= 15 is 0 Å². The molecule has 0 aliphatic rings. The number of ether oxygens (including phenoxy) is 1. The van der Waals surface area contributed by atoms with Crippen molar-refractivity contribution in [2.24, 2.45) is 0 Å². The Bertz CT molecular complexity index is 1050. The van der Waals surface area contributed by atoms with Gasteiger partial charge in [-0.05, 0) is 32.4 Å². The number of nitrogens with one attached hydrogen (secondary N) is 1. The fourth-order valence-corrected chi connectivity index (χ4v) is 3.73. The molecule has 0 bridgehead atoms. The Labute approximate surface area is 163 Å². The molecular weight excluding hydrogens is 392 g/mol. The van der Waals surface area contributed by atoms with E-state index in [1.54, 1.807) is 20.8 Å². The summed E-state index contributed by atoms with van der Waals surface area (Å²) < 4.78 is 5.28. The molecule has 8 nitrogen and oxygen atoms in total. The van der Waals surface area contributed by atoms with Crippen molar-refractivity contribution in [3.05, 3.63) is 50.1 Å². The minimum Gasteiger partial charge on any atom is -0.459 e. The molecule has 0 aliphatic heterocycles. The molecule has 2 aromatic heterocycles. The minimum atomic E-state index is -0.520. The second-order valence-corrected chi connectivity index (χ2v) is 7.37. The second-order valence-electron chi connectivity index (χ2n) is 5.96. The van der Waals surface area contributed by atoms with Crippen molar-refractivity contribution < 1.29 is 14.5 Å². The predicted octanol–water partition coefficient (Wildman–Crippen LogP) is 4.87. The third-order valence-corrected chi connectivity index (χ3v) is 5.16. The van der Waals surface area contributed by atoms with Crippen LogP contribution in [0, 0.1) is 17.0 Å². The van der Waals surface area contributed by atoms with Crippen molar-refractivity contribution in [1.29, 1.82) is 0 Å². The molecule has 0 unspecified atom stereocenters. The Morgan fingerprint density at radius 3 is 2.74 bits per heavy atom. The number of anilines is 2. The first-order valence-electron chi connectivity index (χ1n) is 7.94. The summed E-state index contributed by atoms with van der Waals surface area (Å²) >= 11 is 7.37. The number of halogens is 1. The molecule has 0 amide bonds. The quantitative estimate of drug-likeness (QED) is 0.365. The fraction of sp³-hybridized carbons (Fsp3) is 0.235. The summed E-state index contributed by atoms with van der Waals surface area (Å²) in [5, 5.41) is 14.8. The van der Waals surface area contributed by atoms with Crippen LogP contribution < -0.4 is 5.32 Å². The van der Waals surface area contributed by atoms with E-state index in [1.807, 2.05) is 0 Å². The first-order valence-corrected chi connectivity index (χ1v) is 9.13. The SMILES string of the molecule is Cc1c(C(=O)OC(C)C)sc2ncnc(Nc3ccc([N+](=O)[O-])cc3Cl)c12. The highest BCUT2D eigenvalue weighted by Gasteiger charge is 2.21. The number of hydrogen-bond acceptors (Lipinski definition) is 8. The molecule has 0 aliphatic carbocycles. The van der Waals surface area contributed by atoms with Gasteiger partial charge in [0.15, 0.2) is 0 Å². The highest BCUT2D eigenvalue weighted by atomic mass is 35.5. The number of carbonyl (C=O) groups is 1. The van der Waals surface area contributed by atoms with Gasteiger partial charge in [-0.25, -0.2) is 14.8 Å². The number of non-ortho nitro benzene ring substituents is 1. The maximum atomic E-state index is 12.3. The van der Waals surface area contributed by atoms with E-state index in [-0.39, 0.29) is 16.8 Å². The van der Waals surface area contributed by atoms with Crippen molar-refractivity contribution >= 4 is 56.3 Å². The van der Waals surface area contributed by atoms with Crippen LogP contribution in [-0.4, -0.2) is 27.0 Å². The topological polar surface area (TPSA) is 107 Å². The van der Waals surface area contributed by atoms with Gasteiger partial charge in [0.2, 0.25) is 0 Å². The third kappa shape index (κ3) is 3.83. The number of carbonyl (C=O) groups excluding carboxylic acids is 1. The lowest BCUT2D eigenvalue weighted by Gasteiger charge is -2.09. The lowest BCUT2D eigenvalue weighted by Crippen LogP contribution is -2.11. The van der Waals surface area contributed by atoms with Crippen LogP contribution in [0.15, 0.2) is 24.5 Å². The van der Waals surface area contributed by atoms with Gasteiger partial charge in [-0.1, -0.05) is 11.6 Å². The van der Waals surface area contributed by atoms with E-state index < -0.39 is 10.9 Å². The Balaban J connectivity index is 2.02. The van der Waals surface area contributed by atoms with Crippen LogP contribution >= 0.6 is 22.9 Å². The predicted molar refractivity (Wildman–Crippen MR) is 104 cm³/mol. The average molecular weight is 407 g/mol. The number of benzene rings is 1. The van der Waals surface area contributed by atoms with E-state index in [0.29, 0.717) is 32.2 Å². The maximum Gasteiger partial charge on any atom is 0.348 e. The Morgan fingerprint density at radius 2 is 2.11 bits per heavy atom. The van der Waals surface area contributed by atoms with Crippen LogP contribution in [0.25, 0.3) is 10.2 Å². The normalized spacial score (nSPS) is 11.0. The largest absolute Gasteiger partial charge is 0.459 e. The molecular formula is C17H15ClN4O4S. The van der Waals surface area contributed by atoms with Crippen LogP contribution in [0.3, 0.4) is 0 Å². The summed E-state index contributed by atoms with van der Waals surface area (Å²) in [5.41, 5.74) is 1.05. The van der Waals surface area contributed by atoms with Gasteiger partial charge in [0.05, 0.1) is 27.1 Å². The van der Waals surface area contributed by atoms with Crippen LogP contribution in [-0.2, 0) is 4.74 Å². The molecule has 0 saturated heterocycles. The summed E-state index contributed by atoms with van der Waals surface area (Å²) in [6, 6.07) is 4.11. The van der Waals surface area contributed by atoms with Crippen LogP contribution in [0.5, 0.6) is 0 Å². The number of esters is 1. The maximum absolute atomic E-state index is 12.3. The summed E-state index contributed by atoms with van der Waals surface area (Å²) in [6.45, 7) is 5.36. The van der Waals surface area contributed by atoms with Crippen molar-refractivity contribution in [2.45, 2.75) is 26.9 Å². The van der Waals surface area contributed by atoms with Gasteiger partial charge in [0.25, 0.3) is 5.69 Å². The van der Waals surface area contributed by atoms with Crippen LogP contribution in [0.4, 0.5) is 17.2 Å². The molecule has 0 fully saturated rings. The van der Waals surface area contributed by atoms with Crippen molar-refractivity contribution in [2.75, 3.05) is 5.32 Å². The summed E-state index contributed by atoms with van der Waals surface area (Å²) in [5.74, 6) is 0.0397. The number of nitro benzene ring substituents is 1. The second kappa shape index (κ2) is 7.45. The first kappa shape index (κ1) is 19.0. The minimum absolute atomic E-state index is 0.108. The van der Waals surface area contributed by atoms with E-state index in [9.17, 15) is 14.9 Å². The molecule has 140 valence electrons. The van der Waals surface area contributed by atoms with Crippen LogP contribution in [0.1, 0.15) is 29.1 Å².